The fraction of sp³-hybridized carbons (Fsp3) is 0.562. The van der Waals surface area contributed by atoms with E-state index >= 15 is 0 Å². The molecule has 2 fully saturated rings. The summed E-state index contributed by atoms with van der Waals surface area (Å²) in [5.74, 6) is 0.560. The van der Waals surface area contributed by atoms with E-state index < -0.39 is 4.92 Å². The van der Waals surface area contributed by atoms with E-state index in [0.717, 1.165) is 44.6 Å². The lowest BCUT2D eigenvalue weighted by atomic mass is 10.0. The molecule has 0 spiro atoms. The largest absolute Gasteiger partial charge is 0.490 e. The lowest BCUT2D eigenvalue weighted by Crippen LogP contribution is -2.45. The predicted molar refractivity (Wildman–Crippen MR) is 85.8 cm³/mol. The van der Waals surface area contributed by atoms with Gasteiger partial charge in [0.25, 0.3) is 0 Å². The number of anilines is 1. The molecule has 1 aromatic rings. The molecule has 0 bridgehead atoms. The van der Waals surface area contributed by atoms with Gasteiger partial charge in [-0.3, -0.25) is 14.9 Å². The number of nitro groups is 1. The second kappa shape index (κ2) is 6.44. The van der Waals surface area contributed by atoms with Crippen molar-refractivity contribution in [2.75, 3.05) is 31.6 Å². The third kappa shape index (κ3) is 3.09. The molecule has 1 amide bonds. The van der Waals surface area contributed by atoms with Crippen LogP contribution in [0.3, 0.4) is 0 Å². The molecule has 7 heteroatoms. The zero-order valence-corrected chi connectivity index (χ0v) is 13.2. The van der Waals surface area contributed by atoms with Crippen molar-refractivity contribution in [2.24, 2.45) is 0 Å². The molecule has 1 aromatic carbocycles. The number of amides is 1. The first-order chi connectivity index (χ1) is 11.1. The molecule has 2 aliphatic rings. The highest BCUT2D eigenvalue weighted by molar-refractivity contribution is 5.78. The van der Waals surface area contributed by atoms with Crippen LogP contribution in [-0.4, -0.2) is 48.5 Å². The Hall–Kier alpha value is -2.31. The van der Waals surface area contributed by atoms with Crippen molar-refractivity contribution >= 4 is 17.3 Å². The second-order valence-electron chi connectivity index (χ2n) is 6.02. The third-order valence-electron chi connectivity index (χ3n) is 4.74. The lowest BCUT2D eigenvalue weighted by molar-refractivity contribution is -0.385. The SMILES string of the molecule is COc1cc(N2CCC(N3CCCC3=O)CC2)ccc1[N+](=O)[O-]. The topological polar surface area (TPSA) is 75.9 Å². The van der Waals surface area contributed by atoms with Crippen LogP contribution in [0.1, 0.15) is 25.7 Å². The molecule has 3 rings (SSSR count). The summed E-state index contributed by atoms with van der Waals surface area (Å²) >= 11 is 0. The number of likely N-dealkylation sites (tertiary alicyclic amines) is 1. The summed E-state index contributed by atoms with van der Waals surface area (Å²) in [5, 5.41) is 11.0. The Balaban J connectivity index is 1.67. The van der Waals surface area contributed by atoms with Crippen molar-refractivity contribution < 1.29 is 14.5 Å². The number of hydrogen-bond donors (Lipinski definition) is 0. The number of nitro benzene ring substituents is 1. The number of ether oxygens (including phenoxy) is 1. The molecule has 0 aromatic heterocycles. The van der Waals surface area contributed by atoms with Crippen LogP contribution in [0.15, 0.2) is 18.2 Å². The summed E-state index contributed by atoms with van der Waals surface area (Å²) in [6.45, 7) is 2.57. The molecule has 2 aliphatic heterocycles. The van der Waals surface area contributed by atoms with Gasteiger partial charge in [0.05, 0.1) is 12.0 Å². The van der Waals surface area contributed by atoms with Gasteiger partial charge in [-0.05, 0) is 25.3 Å². The van der Waals surface area contributed by atoms with Crippen LogP contribution in [-0.2, 0) is 4.79 Å². The highest BCUT2D eigenvalue weighted by Crippen LogP contribution is 2.33. The average Bonchev–Trinajstić information content (AvgIpc) is 3.00. The van der Waals surface area contributed by atoms with E-state index in [1.807, 2.05) is 4.90 Å². The lowest BCUT2D eigenvalue weighted by Gasteiger charge is -2.37. The number of benzene rings is 1. The van der Waals surface area contributed by atoms with E-state index in [2.05, 4.69) is 4.90 Å². The van der Waals surface area contributed by atoms with Crippen LogP contribution in [0, 0.1) is 10.1 Å². The van der Waals surface area contributed by atoms with Crippen molar-refractivity contribution in [1.82, 2.24) is 4.90 Å². The van der Waals surface area contributed by atoms with E-state index in [-0.39, 0.29) is 17.3 Å². The quantitative estimate of drug-likeness (QED) is 0.628. The van der Waals surface area contributed by atoms with Crippen molar-refractivity contribution in [3.05, 3.63) is 28.3 Å². The van der Waals surface area contributed by atoms with E-state index in [1.54, 1.807) is 12.1 Å². The molecule has 2 heterocycles. The van der Waals surface area contributed by atoms with Gasteiger partial charge in [-0.1, -0.05) is 0 Å². The Labute approximate surface area is 135 Å². The maximum atomic E-state index is 11.8. The standard InChI is InChI=1S/C16H21N3O4/c1-23-15-11-13(4-5-14(15)19(21)22)17-9-6-12(7-10-17)18-8-2-3-16(18)20/h4-5,11-12H,2-3,6-10H2,1H3. The van der Waals surface area contributed by atoms with Gasteiger partial charge in [-0.15, -0.1) is 0 Å². The van der Waals surface area contributed by atoms with Gasteiger partial charge in [0.15, 0.2) is 5.75 Å². The number of piperidine rings is 1. The monoisotopic (exact) mass is 319 g/mol. The van der Waals surface area contributed by atoms with Gasteiger partial charge < -0.3 is 14.5 Å². The minimum absolute atomic E-state index is 0.0196. The molecule has 0 radical (unpaired) electrons. The molecule has 0 atom stereocenters. The molecule has 0 saturated carbocycles. The van der Waals surface area contributed by atoms with Gasteiger partial charge >= 0.3 is 5.69 Å². The first kappa shape index (κ1) is 15.6. The zero-order chi connectivity index (χ0) is 16.4. The van der Waals surface area contributed by atoms with Gasteiger partial charge in [-0.2, -0.15) is 0 Å². The van der Waals surface area contributed by atoms with Crippen LogP contribution in [0.25, 0.3) is 0 Å². The van der Waals surface area contributed by atoms with Crippen molar-refractivity contribution in [2.45, 2.75) is 31.7 Å². The summed E-state index contributed by atoms with van der Waals surface area (Å²) in [6.07, 6.45) is 3.52. The molecule has 2 saturated heterocycles. The van der Waals surface area contributed by atoms with Gasteiger partial charge in [0, 0.05) is 49.9 Å². The molecular weight excluding hydrogens is 298 g/mol. The molecule has 0 N–H and O–H groups in total. The molecule has 23 heavy (non-hydrogen) atoms. The summed E-state index contributed by atoms with van der Waals surface area (Å²) in [6, 6.07) is 5.31. The van der Waals surface area contributed by atoms with Crippen molar-refractivity contribution in [3.63, 3.8) is 0 Å². The summed E-state index contributed by atoms with van der Waals surface area (Å²) in [5.41, 5.74) is 0.910. The van der Waals surface area contributed by atoms with Gasteiger partial charge in [-0.25, -0.2) is 0 Å². The number of methoxy groups -OCH3 is 1. The van der Waals surface area contributed by atoms with Crippen molar-refractivity contribution in [3.8, 4) is 5.75 Å². The predicted octanol–water partition coefficient (Wildman–Crippen LogP) is 2.19. The average molecular weight is 319 g/mol. The Morgan fingerprint density at radius 1 is 1.26 bits per heavy atom. The fourth-order valence-electron chi connectivity index (χ4n) is 3.50. The van der Waals surface area contributed by atoms with Crippen LogP contribution in [0.2, 0.25) is 0 Å². The first-order valence-corrected chi connectivity index (χ1v) is 7.97. The number of carbonyl (C=O) groups is 1. The maximum absolute atomic E-state index is 11.8. The Kier molecular flexibility index (Phi) is 4.36. The molecule has 7 nitrogen and oxygen atoms in total. The van der Waals surface area contributed by atoms with Gasteiger partial charge in [0.2, 0.25) is 5.91 Å². The fourth-order valence-corrected chi connectivity index (χ4v) is 3.50. The summed E-state index contributed by atoms with van der Waals surface area (Å²) in [4.78, 5) is 26.6. The number of rotatable bonds is 4. The van der Waals surface area contributed by atoms with E-state index in [0.29, 0.717) is 12.5 Å². The normalized spacial score (nSPS) is 19.3. The number of hydrogen-bond acceptors (Lipinski definition) is 5. The Morgan fingerprint density at radius 2 is 2.00 bits per heavy atom. The van der Waals surface area contributed by atoms with E-state index in [1.165, 1.54) is 13.2 Å². The number of nitrogens with zero attached hydrogens (tertiary/aromatic N) is 3. The van der Waals surface area contributed by atoms with E-state index in [9.17, 15) is 14.9 Å². The summed E-state index contributed by atoms with van der Waals surface area (Å²) in [7, 11) is 1.44. The third-order valence-corrected chi connectivity index (χ3v) is 4.74. The highest BCUT2D eigenvalue weighted by Gasteiger charge is 2.31. The van der Waals surface area contributed by atoms with Crippen LogP contribution in [0.4, 0.5) is 11.4 Å². The molecular formula is C16H21N3O4. The van der Waals surface area contributed by atoms with Crippen LogP contribution in [0.5, 0.6) is 5.75 Å². The highest BCUT2D eigenvalue weighted by atomic mass is 16.6. The molecule has 0 aliphatic carbocycles. The number of carbonyl (C=O) groups excluding carboxylic acids is 1. The molecule has 0 unspecified atom stereocenters. The second-order valence-corrected chi connectivity index (χ2v) is 6.02. The summed E-state index contributed by atoms with van der Waals surface area (Å²) < 4.78 is 5.13. The zero-order valence-electron chi connectivity index (χ0n) is 13.2. The van der Waals surface area contributed by atoms with Gasteiger partial charge in [0.1, 0.15) is 0 Å². The van der Waals surface area contributed by atoms with Crippen molar-refractivity contribution in [1.29, 1.82) is 0 Å². The van der Waals surface area contributed by atoms with Crippen LogP contribution < -0.4 is 9.64 Å². The molecule has 124 valence electrons. The Bertz CT molecular complexity index is 611. The Morgan fingerprint density at radius 3 is 2.57 bits per heavy atom. The minimum Gasteiger partial charge on any atom is -0.490 e. The maximum Gasteiger partial charge on any atom is 0.311 e. The van der Waals surface area contributed by atoms with E-state index in [4.69, 9.17) is 4.74 Å². The smallest absolute Gasteiger partial charge is 0.311 e. The first-order valence-electron chi connectivity index (χ1n) is 7.97. The van der Waals surface area contributed by atoms with Crippen LogP contribution >= 0.6 is 0 Å². The minimum atomic E-state index is -0.437.